The lowest BCUT2D eigenvalue weighted by molar-refractivity contribution is 0.0702. The van der Waals surface area contributed by atoms with Gasteiger partial charge in [0, 0.05) is 17.9 Å². The molecule has 0 radical (unpaired) electrons. The molecular formula is C14H18BrNO2. The standard InChI is InChI=1S/C14H18BrNO2/c1-10-7-8-16(9-12(10)15)14(17)11-5-3-4-6-13(11)18-2/h3-6,10,12H,7-9H2,1-2H3. The normalized spacial score (nSPS) is 23.8. The molecule has 1 fully saturated rings. The molecule has 2 unspecified atom stereocenters. The zero-order valence-corrected chi connectivity index (χ0v) is 12.3. The van der Waals surface area contributed by atoms with E-state index in [-0.39, 0.29) is 5.91 Å². The van der Waals surface area contributed by atoms with Crippen LogP contribution in [0.25, 0.3) is 0 Å². The topological polar surface area (TPSA) is 29.5 Å². The average Bonchev–Trinajstić information content (AvgIpc) is 2.41. The van der Waals surface area contributed by atoms with Gasteiger partial charge in [0.15, 0.2) is 0 Å². The van der Waals surface area contributed by atoms with E-state index in [0.29, 0.717) is 22.1 Å². The highest BCUT2D eigenvalue weighted by atomic mass is 79.9. The first kappa shape index (κ1) is 13.4. The van der Waals surface area contributed by atoms with Crippen molar-refractivity contribution in [1.29, 1.82) is 0 Å². The minimum absolute atomic E-state index is 0.0591. The summed E-state index contributed by atoms with van der Waals surface area (Å²) in [5.41, 5.74) is 0.647. The lowest BCUT2D eigenvalue weighted by Gasteiger charge is -2.34. The number of piperidine rings is 1. The Morgan fingerprint density at radius 3 is 2.83 bits per heavy atom. The number of likely N-dealkylation sites (tertiary alicyclic amines) is 1. The Kier molecular flexibility index (Phi) is 4.27. The van der Waals surface area contributed by atoms with Crippen LogP contribution in [-0.4, -0.2) is 35.8 Å². The molecule has 1 aliphatic rings. The molecule has 98 valence electrons. The molecule has 0 saturated carbocycles. The summed E-state index contributed by atoms with van der Waals surface area (Å²) in [5.74, 6) is 1.32. The molecule has 1 heterocycles. The maximum atomic E-state index is 12.5. The molecule has 0 spiro atoms. The van der Waals surface area contributed by atoms with Gasteiger partial charge in [0.05, 0.1) is 12.7 Å². The van der Waals surface area contributed by atoms with Crippen LogP contribution in [-0.2, 0) is 0 Å². The molecule has 0 aliphatic carbocycles. The summed E-state index contributed by atoms with van der Waals surface area (Å²) in [5, 5.41) is 0. The van der Waals surface area contributed by atoms with Gasteiger partial charge in [-0.1, -0.05) is 35.0 Å². The van der Waals surface area contributed by atoms with Crippen LogP contribution in [0.5, 0.6) is 5.75 Å². The van der Waals surface area contributed by atoms with Crippen molar-refractivity contribution in [2.75, 3.05) is 20.2 Å². The van der Waals surface area contributed by atoms with Crippen LogP contribution in [0.3, 0.4) is 0 Å². The Morgan fingerprint density at radius 1 is 1.44 bits per heavy atom. The fraction of sp³-hybridized carbons (Fsp3) is 0.500. The summed E-state index contributed by atoms with van der Waals surface area (Å²) >= 11 is 3.65. The molecule has 2 rings (SSSR count). The second-order valence-corrected chi connectivity index (χ2v) is 5.91. The summed E-state index contributed by atoms with van der Waals surface area (Å²) in [6, 6.07) is 7.39. The Labute approximate surface area is 116 Å². The van der Waals surface area contributed by atoms with E-state index in [2.05, 4.69) is 22.9 Å². The monoisotopic (exact) mass is 311 g/mol. The molecule has 1 aromatic carbocycles. The number of hydrogen-bond acceptors (Lipinski definition) is 2. The molecule has 1 aromatic rings. The molecule has 1 amide bonds. The summed E-state index contributed by atoms with van der Waals surface area (Å²) < 4.78 is 5.25. The number of hydrogen-bond donors (Lipinski definition) is 0. The number of rotatable bonds is 2. The number of nitrogens with zero attached hydrogens (tertiary/aromatic N) is 1. The molecular weight excluding hydrogens is 294 g/mol. The summed E-state index contributed by atoms with van der Waals surface area (Å²) in [7, 11) is 1.59. The van der Waals surface area contributed by atoms with Crippen LogP contribution in [0.15, 0.2) is 24.3 Å². The van der Waals surface area contributed by atoms with Gasteiger partial charge in [-0.2, -0.15) is 0 Å². The minimum atomic E-state index is 0.0591. The Hall–Kier alpha value is -1.03. The molecule has 4 heteroatoms. The lowest BCUT2D eigenvalue weighted by atomic mass is 9.98. The van der Waals surface area contributed by atoms with Crippen LogP contribution in [0, 0.1) is 5.92 Å². The molecule has 1 aliphatic heterocycles. The molecule has 0 N–H and O–H groups in total. The van der Waals surface area contributed by atoms with Crippen molar-refractivity contribution < 1.29 is 9.53 Å². The van der Waals surface area contributed by atoms with Crippen molar-refractivity contribution in [2.45, 2.75) is 18.2 Å². The van der Waals surface area contributed by atoms with E-state index in [9.17, 15) is 4.79 Å². The molecule has 3 nitrogen and oxygen atoms in total. The van der Waals surface area contributed by atoms with Crippen molar-refractivity contribution in [3.05, 3.63) is 29.8 Å². The number of ether oxygens (including phenoxy) is 1. The summed E-state index contributed by atoms with van der Waals surface area (Å²) in [6.07, 6.45) is 1.04. The quantitative estimate of drug-likeness (QED) is 0.786. The summed E-state index contributed by atoms with van der Waals surface area (Å²) in [4.78, 5) is 14.7. The van der Waals surface area contributed by atoms with Gasteiger partial charge in [0.25, 0.3) is 5.91 Å². The van der Waals surface area contributed by atoms with Crippen molar-refractivity contribution in [2.24, 2.45) is 5.92 Å². The average molecular weight is 312 g/mol. The first-order valence-corrected chi connectivity index (χ1v) is 7.11. The van der Waals surface area contributed by atoms with Crippen molar-refractivity contribution in [3.8, 4) is 5.75 Å². The lowest BCUT2D eigenvalue weighted by Crippen LogP contribution is -2.43. The fourth-order valence-electron chi connectivity index (χ4n) is 2.20. The Morgan fingerprint density at radius 2 is 2.17 bits per heavy atom. The minimum Gasteiger partial charge on any atom is -0.496 e. The van der Waals surface area contributed by atoms with E-state index in [1.54, 1.807) is 7.11 Å². The number of carbonyl (C=O) groups is 1. The van der Waals surface area contributed by atoms with E-state index < -0.39 is 0 Å². The molecule has 0 aromatic heterocycles. The molecule has 2 atom stereocenters. The van der Waals surface area contributed by atoms with Gasteiger partial charge in [0.2, 0.25) is 0 Å². The third-order valence-electron chi connectivity index (χ3n) is 3.49. The summed E-state index contributed by atoms with van der Waals surface area (Å²) in [6.45, 7) is 3.79. The number of para-hydroxylation sites is 1. The van der Waals surface area contributed by atoms with Crippen LogP contribution in [0.4, 0.5) is 0 Å². The van der Waals surface area contributed by atoms with Gasteiger partial charge in [-0.05, 0) is 24.5 Å². The van der Waals surface area contributed by atoms with Crippen LogP contribution >= 0.6 is 15.9 Å². The van der Waals surface area contributed by atoms with E-state index in [0.717, 1.165) is 19.5 Å². The highest BCUT2D eigenvalue weighted by molar-refractivity contribution is 9.09. The van der Waals surface area contributed by atoms with Gasteiger partial charge in [-0.15, -0.1) is 0 Å². The number of methoxy groups -OCH3 is 1. The number of amides is 1. The second-order valence-electron chi connectivity index (χ2n) is 4.73. The van der Waals surface area contributed by atoms with Gasteiger partial charge in [-0.25, -0.2) is 0 Å². The fourth-order valence-corrected chi connectivity index (χ4v) is 2.81. The van der Waals surface area contributed by atoms with Gasteiger partial charge in [-0.3, -0.25) is 4.79 Å². The Balaban J connectivity index is 2.16. The molecule has 0 bridgehead atoms. The van der Waals surface area contributed by atoms with Gasteiger partial charge in [0.1, 0.15) is 5.75 Å². The first-order chi connectivity index (χ1) is 8.63. The maximum absolute atomic E-state index is 12.5. The molecule has 18 heavy (non-hydrogen) atoms. The Bertz CT molecular complexity index is 436. The van der Waals surface area contributed by atoms with E-state index in [1.165, 1.54) is 0 Å². The van der Waals surface area contributed by atoms with Crippen molar-refractivity contribution in [3.63, 3.8) is 0 Å². The van der Waals surface area contributed by atoms with Crippen LogP contribution < -0.4 is 4.74 Å². The third kappa shape index (κ3) is 2.69. The van der Waals surface area contributed by atoms with Crippen molar-refractivity contribution >= 4 is 21.8 Å². The van der Waals surface area contributed by atoms with Crippen LogP contribution in [0.2, 0.25) is 0 Å². The highest BCUT2D eigenvalue weighted by Gasteiger charge is 2.28. The van der Waals surface area contributed by atoms with Crippen molar-refractivity contribution in [1.82, 2.24) is 4.90 Å². The predicted octanol–water partition coefficient (Wildman–Crippen LogP) is 2.94. The second kappa shape index (κ2) is 5.74. The number of carbonyl (C=O) groups excluding carboxylic acids is 1. The van der Waals surface area contributed by atoms with E-state index in [4.69, 9.17) is 4.74 Å². The number of alkyl halides is 1. The van der Waals surface area contributed by atoms with E-state index >= 15 is 0 Å². The number of halogens is 1. The smallest absolute Gasteiger partial charge is 0.257 e. The van der Waals surface area contributed by atoms with E-state index in [1.807, 2.05) is 29.2 Å². The molecule has 1 saturated heterocycles. The third-order valence-corrected chi connectivity index (χ3v) is 4.68. The van der Waals surface area contributed by atoms with Gasteiger partial charge >= 0.3 is 0 Å². The van der Waals surface area contributed by atoms with Gasteiger partial charge < -0.3 is 9.64 Å². The first-order valence-electron chi connectivity index (χ1n) is 6.20. The SMILES string of the molecule is COc1ccccc1C(=O)N1CCC(C)C(Br)C1. The zero-order chi connectivity index (χ0) is 13.1. The largest absolute Gasteiger partial charge is 0.496 e. The number of benzene rings is 1. The zero-order valence-electron chi connectivity index (χ0n) is 10.7. The maximum Gasteiger partial charge on any atom is 0.257 e. The van der Waals surface area contributed by atoms with Crippen LogP contribution in [0.1, 0.15) is 23.7 Å². The predicted molar refractivity (Wildman–Crippen MR) is 75.4 cm³/mol. The highest BCUT2D eigenvalue weighted by Crippen LogP contribution is 2.26.